The maximum Gasteiger partial charge on any atom is 0.265 e. The first-order valence-corrected chi connectivity index (χ1v) is 13.0. The molecule has 182 valence electrons. The van der Waals surface area contributed by atoms with Gasteiger partial charge in [0, 0.05) is 19.6 Å². The molecule has 0 spiro atoms. The molecule has 1 N–H and O–H groups in total. The minimum absolute atomic E-state index is 0.0934. The fourth-order valence-electron chi connectivity index (χ4n) is 4.57. The SMILES string of the molecule is Cc1ccc(CNC(=O)CN2C(=O)COc3ccc(S(=O)(=O)N4C[C@@H](C)C[C@H](C)C4)cc32)cc1. The van der Waals surface area contributed by atoms with Crippen LogP contribution in [0.2, 0.25) is 0 Å². The Morgan fingerprint density at radius 1 is 1.09 bits per heavy atom. The molecule has 2 aliphatic rings. The fraction of sp³-hybridized carbons (Fsp3) is 0.440. The molecule has 2 aromatic carbocycles. The monoisotopic (exact) mass is 485 g/mol. The quantitative estimate of drug-likeness (QED) is 0.679. The van der Waals surface area contributed by atoms with Crippen LogP contribution in [0.15, 0.2) is 47.4 Å². The fourth-order valence-corrected chi connectivity index (χ4v) is 6.27. The van der Waals surface area contributed by atoms with E-state index < -0.39 is 15.9 Å². The van der Waals surface area contributed by atoms with Gasteiger partial charge >= 0.3 is 0 Å². The highest BCUT2D eigenvalue weighted by Gasteiger charge is 2.34. The summed E-state index contributed by atoms with van der Waals surface area (Å²) in [4.78, 5) is 26.6. The van der Waals surface area contributed by atoms with E-state index in [0.29, 0.717) is 31.1 Å². The zero-order valence-electron chi connectivity index (χ0n) is 19.8. The van der Waals surface area contributed by atoms with E-state index in [1.165, 1.54) is 21.3 Å². The summed E-state index contributed by atoms with van der Waals surface area (Å²) < 4.78 is 33.7. The van der Waals surface area contributed by atoms with Gasteiger partial charge in [-0.2, -0.15) is 4.31 Å². The predicted octanol–water partition coefficient (Wildman–Crippen LogP) is 2.70. The summed E-state index contributed by atoms with van der Waals surface area (Å²) in [6.45, 7) is 6.93. The lowest BCUT2D eigenvalue weighted by Gasteiger charge is -2.34. The Balaban J connectivity index is 1.53. The smallest absolute Gasteiger partial charge is 0.265 e. The third kappa shape index (κ3) is 5.26. The second kappa shape index (κ2) is 9.76. The van der Waals surface area contributed by atoms with Crippen molar-refractivity contribution in [2.24, 2.45) is 11.8 Å². The Hall–Kier alpha value is -2.91. The van der Waals surface area contributed by atoms with Crippen molar-refractivity contribution >= 4 is 27.5 Å². The Bertz CT molecular complexity index is 1170. The van der Waals surface area contributed by atoms with Gasteiger partial charge in [0.25, 0.3) is 5.91 Å². The number of hydrogen-bond acceptors (Lipinski definition) is 5. The second-order valence-electron chi connectivity index (χ2n) is 9.43. The van der Waals surface area contributed by atoms with Crippen molar-refractivity contribution in [3.63, 3.8) is 0 Å². The molecule has 2 aliphatic heterocycles. The van der Waals surface area contributed by atoms with Crippen LogP contribution in [0.1, 0.15) is 31.4 Å². The molecule has 0 radical (unpaired) electrons. The first-order chi connectivity index (χ1) is 16.1. The van der Waals surface area contributed by atoms with Crippen LogP contribution in [0, 0.1) is 18.8 Å². The standard InChI is InChI=1S/C25H31N3O5S/c1-17-4-6-20(7-5-17)12-26-24(29)15-28-22-11-21(8-9-23(22)33-16-25(28)30)34(31,32)27-13-18(2)10-19(3)14-27/h4-9,11,18-19H,10,12-16H2,1-3H3,(H,26,29)/t18-,19-/m0/s1. The number of carbonyl (C=O) groups excluding carboxylic acids is 2. The van der Waals surface area contributed by atoms with Gasteiger partial charge in [0.05, 0.1) is 10.6 Å². The molecule has 2 atom stereocenters. The third-order valence-corrected chi connectivity index (χ3v) is 8.09. The van der Waals surface area contributed by atoms with Crippen LogP contribution in [-0.2, 0) is 26.2 Å². The molecule has 2 aromatic rings. The van der Waals surface area contributed by atoms with Crippen molar-refractivity contribution in [2.45, 2.75) is 38.6 Å². The van der Waals surface area contributed by atoms with Gasteiger partial charge in [-0.15, -0.1) is 0 Å². The molecule has 0 aliphatic carbocycles. The lowest BCUT2D eigenvalue weighted by Crippen LogP contribution is -2.45. The van der Waals surface area contributed by atoms with E-state index in [1.807, 2.05) is 31.2 Å². The van der Waals surface area contributed by atoms with Crippen LogP contribution in [0.3, 0.4) is 0 Å². The highest BCUT2D eigenvalue weighted by Crippen LogP contribution is 2.36. The number of fused-ring (bicyclic) bond motifs is 1. The number of aryl methyl sites for hydroxylation is 1. The van der Waals surface area contributed by atoms with Crippen LogP contribution in [-0.4, -0.2) is 50.8 Å². The van der Waals surface area contributed by atoms with Crippen LogP contribution in [0.5, 0.6) is 5.75 Å². The van der Waals surface area contributed by atoms with Crippen molar-refractivity contribution < 1.29 is 22.7 Å². The number of rotatable bonds is 6. The molecule has 0 unspecified atom stereocenters. The lowest BCUT2D eigenvalue weighted by atomic mass is 9.94. The molecule has 1 fully saturated rings. The van der Waals surface area contributed by atoms with Gasteiger partial charge < -0.3 is 10.1 Å². The average molecular weight is 486 g/mol. The van der Waals surface area contributed by atoms with Crippen molar-refractivity contribution in [3.8, 4) is 5.75 Å². The van der Waals surface area contributed by atoms with Gasteiger partial charge in [-0.05, 0) is 48.9 Å². The van der Waals surface area contributed by atoms with Crippen molar-refractivity contribution in [1.29, 1.82) is 0 Å². The minimum Gasteiger partial charge on any atom is -0.482 e. The molecule has 34 heavy (non-hydrogen) atoms. The Morgan fingerprint density at radius 3 is 2.44 bits per heavy atom. The summed E-state index contributed by atoms with van der Waals surface area (Å²) in [7, 11) is -3.74. The number of benzene rings is 2. The zero-order chi connectivity index (χ0) is 24.5. The van der Waals surface area contributed by atoms with E-state index in [-0.39, 0.29) is 35.8 Å². The Labute approximate surface area is 200 Å². The van der Waals surface area contributed by atoms with Gasteiger partial charge in [-0.1, -0.05) is 43.7 Å². The topological polar surface area (TPSA) is 96.0 Å². The highest BCUT2D eigenvalue weighted by molar-refractivity contribution is 7.89. The normalized spacial score (nSPS) is 21.0. The molecule has 4 rings (SSSR count). The zero-order valence-corrected chi connectivity index (χ0v) is 20.6. The second-order valence-corrected chi connectivity index (χ2v) is 11.4. The number of sulfonamides is 1. The van der Waals surface area contributed by atoms with E-state index in [0.717, 1.165) is 17.5 Å². The van der Waals surface area contributed by atoms with E-state index in [1.54, 1.807) is 6.07 Å². The molecule has 0 bridgehead atoms. The summed E-state index contributed by atoms with van der Waals surface area (Å²) >= 11 is 0. The van der Waals surface area contributed by atoms with Gasteiger partial charge in [-0.3, -0.25) is 14.5 Å². The van der Waals surface area contributed by atoms with Gasteiger partial charge in [0.15, 0.2) is 6.61 Å². The number of anilines is 1. The van der Waals surface area contributed by atoms with E-state index in [2.05, 4.69) is 19.2 Å². The number of nitrogens with one attached hydrogen (secondary N) is 1. The summed E-state index contributed by atoms with van der Waals surface area (Å²) in [5.74, 6) is 0.191. The number of ether oxygens (including phenoxy) is 1. The highest BCUT2D eigenvalue weighted by atomic mass is 32.2. The van der Waals surface area contributed by atoms with E-state index >= 15 is 0 Å². The lowest BCUT2D eigenvalue weighted by molar-refractivity contribution is -0.125. The number of carbonyl (C=O) groups is 2. The van der Waals surface area contributed by atoms with Crippen molar-refractivity contribution in [2.75, 3.05) is 31.1 Å². The average Bonchev–Trinajstić information content (AvgIpc) is 2.79. The number of nitrogens with zero attached hydrogens (tertiary/aromatic N) is 2. The molecule has 9 heteroatoms. The maximum absolute atomic E-state index is 13.4. The molecule has 0 aromatic heterocycles. The number of amides is 2. The summed E-state index contributed by atoms with van der Waals surface area (Å²) in [5.41, 5.74) is 2.37. The largest absolute Gasteiger partial charge is 0.482 e. The maximum atomic E-state index is 13.4. The number of hydrogen-bond donors (Lipinski definition) is 1. The predicted molar refractivity (Wildman–Crippen MR) is 129 cm³/mol. The van der Waals surface area contributed by atoms with Gasteiger partial charge in [0.2, 0.25) is 15.9 Å². The van der Waals surface area contributed by atoms with E-state index in [4.69, 9.17) is 4.74 Å². The summed E-state index contributed by atoms with van der Waals surface area (Å²) in [6.07, 6.45) is 0.990. The molecule has 2 amide bonds. The third-order valence-electron chi connectivity index (χ3n) is 6.26. The summed E-state index contributed by atoms with van der Waals surface area (Å²) in [5, 5.41) is 2.82. The minimum atomic E-state index is -3.74. The van der Waals surface area contributed by atoms with Crippen LogP contribution < -0.4 is 15.0 Å². The van der Waals surface area contributed by atoms with Gasteiger partial charge in [-0.25, -0.2) is 8.42 Å². The molecular weight excluding hydrogens is 454 g/mol. The van der Waals surface area contributed by atoms with Crippen LogP contribution in [0.25, 0.3) is 0 Å². The first kappa shape index (κ1) is 24.2. The molecular formula is C25H31N3O5S. The molecule has 1 saturated heterocycles. The molecule has 8 nitrogen and oxygen atoms in total. The Kier molecular flexibility index (Phi) is 6.95. The van der Waals surface area contributed by atoms with Crippen molar-refractivity contribution in [3.05, 3.63) is 53.6 Å². The van der Waals surface area contributed by atoms with Crippen LogP contribution >= 0.6 is 0 Å². The van der Waals surface area contributed by atoms with Gasteiger partial charge in [0.1, 0.15) is 12.3 Å². The number of piperidine rings is 1. The molecule has 0 saturated carbocycles. The van der Waals surface area contributed by atoms with Crippen molar-refractivity contribution in [1.82, 2.24) is 9.62 Å². The molecule has 2 heterocycles. The van der Waals surface area contributed by atoms with Crippen LogP contribution in [0.4, 0.5) is 5.69 Å². The first-order valence-electron chi connectivity index (χ1n) is 11.5. The summed E-state index contributed by atoms with van der Waals surface area (Å²) in [6, 6.07) is 12.3. The van der Waals surface area contributed by atoms with E-state index in [9.17, 15) is 18.0 Å². The Morgan fingerprint density at radius 2 is 1.76 bits per heavy atom.